The molecule has 3 aromatic heterocycles. The molecule has 2 saturated heterocycles. The van der Waals surface area contributed by atoms with E-state index in [1.807, 2.05) is 14.8 Å². The minimum atomic E-state index is -0.0183. The number of amides is 1. The van der Waals surface area contributed by atoms with Gasteiger partial charge < -0.3 is 9.80 Å². The van der Waals surface area contributed by atoms with Crippen molar-refractivity contribution >= 4 is 28.7 Å². The van der Waals surface area contributed by atoms with Crippen LogP contribution in [0, 0.1) is 12.8 Å². The Hall–Kier alpha value is -2.48. The van der Waals surface area contributed by atoms with Crippen molar-refractivity contribution < 1.29 is 4.79 Å². The molecule has 3 aromatic rings. The van der Waals surface area contributed by atoms with Crippen LogP contribution in [-0.4, -0.2) is 50.0 Å². The molecule has 8 heteroatoms. The van der Waals surface area contributed by atoms with Crippen LogP contribution in [0.5, 0.6) is 0 Å². The summed E-state index contributed by atoms with van der Waals surface area (Å²) in [5.74, 6) is 1.77. The van der Waals surface area contributed by atoms with E-state index in [4.69, 9.17) is 10.1 Å². The predicted octanol–water partition coefficient (Wildman–Crippen LogP) is 3.71. The average Bonchev–Trinajstić information content (AvgIpc) is 3.47. The highest BCUT2D eigenvalue weighted by atomic mass is 32.1. The zero-order valence-electron chi connectivity index (χ0n) is 16.9. The summed E-state index contributed by atoms with van der Waals surface area (Å²) in [6, 6.07) is 2.04. The van der Waals surface area contributed by atoms with Crippen LogP contribution in [0.1, 0.15) is 60.4 Å². The zero-order valence-corrected chi connectivity index (χ0v) is 17.7. The van der Waals surface area contributed by atoms with Crippen LogP contribution >= 0.6 is 11.3 Å². The van der Waals surface area contributed by atoms with Crippen molar-refractivity contribution in [2.75, 3.05) is 24.5 Å². The van der Waals surface area contributed by atoms with Gasteiger partial charge in [-0.15, -0.1) is 11.3 Å². The van der Waals surface area contributed by atoms with Crippen molar-refractivity contribution in [1.82, 2.24) is 24.5 Å². The van der Waals surface area contributed by atoms with Crippen molar-refractivity contribution in [2.24, 2.45) is 5.92 Å². The number of aryl methyl sites for hydroxylation is 1. The molecule has 29 heavy (non-hydrogen) atoms. The molecule has 2 fully saturated rings. The number of hydrogen-bond donors (Lipinski definition) is 0. The molecule has 2 atom stereocenters. The molecular weight excluding hydrogens is 384 g/mol. The first-order valence-electron chi connectivity index (χ1n) is 10.4. The number of anilines is 1. The number of nitrogens with zero attached hydrogens (tertiary/aromatic N) is 6. The minimum absolute atomic E-state index is 0.00360. The minimum Gasteiger partial charge on any atom is -0.356 e. The number of thiazole rings is 1. The second-order valence-electron chi connectivity index (χ2n) is 8.34. The Balaban J connectivity index is 1.48. The summed E-state index contributed by atoms with van der Waals surface area (Å²) in [6.07, 6.45) is 6.33. The SMILES string of the molecule is Cc1cn2nc([C@@H]3CCCCN3C(=O)c3cscn3)cc2nc1N1CC[C@H](C)C1. The van der Waals surface area contributed by atoms with Crippen molar-refractivity contribution in [1.29, 1.82) is 0 Å². The lowest BCUT2D eigenvalue weighted by Crippen LogP contribution is -2.38. The first-order chi connectivity index (χ1) is 14.1. The summed E-state index contributed by atoms with van der Waals surface area (Å²) >= 11 is 1.46. The van der Waals surface area contributed by atoms with Gasteiger partial charge in [-0.2, -0.15) is 5.10 Å². The fourth-order valence-electron chi connectivity index (χ4n) is 4.58. The van der Waals surface area contributed by atoms with Gasteiger partial charge in [-0.1, -0.05) is 6.92 Å². The van der Waals surface area contributed by atoms with Crippen LogP contribution in [-0.2, 0) is 0 Å². The van der Waals surface area contributed by atoms with Gasteiger partial charge in [0, 0.05) is 42.8 Å². The van der Waals surface area contributed by atoms with E-state index in [2.05, 4.69) is 36.0 Å². The first kappa shape index (κ1) is 18.5. The van der Waals surface area contributed by atoms with Crippen molar-refractivity contribution in [3.05, 3.63) is 40.1 Å². The summed E-state index contributed by atoms with van der Waals surface area (Å²) in [4.78, 5) is 26.5. The van der Waals surface area contributed by atoms with Crippen molar-refractivity contribution in [3.8, 4) is 0 Å². The highest BCUT2D eigenvalue weighted by Gasteiger charge is 2.31. The van der Waals surface area contributed by atoms with E-state index in [1.165, 1.54) is 17.8 Å². The van der Waals surface area contributed by atoms with Gasteiger partial charge in [-0.05, 0) is 38.5 Å². The van der Waals surface area contributed by atoms with Gasteiger partial charge in [-0.25, -0.2) is 14.5 Å². The number of carbonyl (C=O) groups is 1. The van der Waals surface area contributed by atoms with E-state index < -0.39 is 0 Å². The second-order valence-corrected chi connectivity index (χ2v) is 9.06. The third-order valence-electron chi connectivity index (χ3n) is 6.10. The van der Waals surface area contributed by atoms with Crippen LogP contribution < -0.4 is 4.90 Å². The van der Waals surface area contributed by atoms with Crippen LogP contribution in [0.4, 0.5) is 5.82 Å². The Kier molecular flexibility index (Phi) is 4.73. The monoisotopic (exact) mass is 410 g/mol. The molecule has 0 radical (unpaired) electrons. The summed E-state index contributed by atoms with van der Waals surface area (Å²) in [5, 5.41) is 6.64. The van der Waals surface area contributed by atoms with Gasteiger partial charge in [0.05, 0.1) is 17.2 Å². The molecule has 0 aromatic carbocycles. The lowest BCUT2D eigenvalue weighted by Gasteiger charge is -2.34. The number of piperidine rings is 1. The summed E-state index contributed by atoms with van der Waals surface area (Å²) in [5.41, 5.74) is 5.16. The molecule has 0 saturated carbocycles. The third-order valence-corrected chi connectivity index (χ3v) is 6.69. The van der Waals surface area contributed by atoms with Crippen molar-refractivity contribution in [2.45, 2.75) is 45.6 Å². The third kappa shape index (κ3) is 3.39. The van der Waals surface area contributed by atoms with E-state index in [1.54, 1.807) is 5.51 Å². The molecule has 1 amide bonds. The number of aromatic nitrogens is 4. The maximum atomic E-state index is 13.0. The Morgan fingerprint density at radius 3 is 2.90 bits per heavy atom. The van der Waals surface area contributed by atoms with Crippen LogP contribution in [0.3, 0.4) is 0 Å². The van der Waals surface area contributed by atoms with E-state index in [0.29, 0.717) is 11.6 Å². The molecule has 5 rings (SSSR count). The maximum absolute atomic E-state index is 13.0. The van der Waals surface area contributed by atoms with E-state index >= 15 is 0 Å². The smallest absolute Gasteiger partial charge is 0.273 e. The fraction of sp³-hybridized carbons (Fsp3) is 0.524. The highest BCUT2D eigenvalue weighted by Crippen LogP contribution is 2.33. The molecule has 2 aliphatic heterocycles. The quantitative estimate of drug-likeness (QED) is 0.659. The molecule has 0 unspecified atom stereocenters. The van der Waals surface area contributed by atoms with Crippen LogP contribution in [0.2, 0.25) is 0 Å². The van der Waals surface area contributed by atoms with Gasteiger partial charge in [0.25, 0.3) is 5.91 Å². The van der Waals surface area contributed by atoms with E-state index in [9.17, 15) is 4.79 Å². The molecule has 0 aliphatic carbocycles. The summed E-state index contributed by atoms with van der Waals surface area (Å²) < 4.78 is 1.87. The number of carbonyl (C=O) groups excluding carboxylic acids is 1. The molecule has 152 valence electrons. The number of fused-ring (bicyclic) bond motifs is 1. The van der Waals surface area contributed by atoms with Crippen LogP contribution in [0.25, 0.3) is 5.65 Å². The highest BCUT2D eigenvalue weighted by molar-refractivity contribution is 7.07. The van der Waals surface area contributed by atoms with Crippen LogP contribution in [0.15, 0.2) is 23.2 Å². The Morgan fingerprint density at radius 2 is 2.14 bits per heavy atom. The molecule has 0 spiro atoms. The Labute approximate surface area is 174 Å². The molecular formula is C21H26N6OS. The van der Waals surface area contributed by atoms with E-state index in [-0.39, 0.29) is 11.9 Å². The summed E-state index contributed by atoms with van der Waals surface area (Å²) in [7, 11) is 0. The predicted molar refractivity (Wildman–Crippen MR) is 113 cm³/mol. The lowest BCUT2D eigenvalue weighted by atomic mass is 9.99. The van der Waals surface area contributed by atoms with Gasteiger partial charge in [0.15, 0.2) is 5.65 Å². The normalized spacial score (nSPS) is 22.6. The molecule has 2 aliphatic rings. The molecule has 7 nitrogen and oxygen atoms in total. The number of hydrogen-bond acceptors (Lipinski definition) is 6. The van der Waals surface area contributed by atoms with Gasteiger partial charge in [-0.3, -0.25) is 4.79 Å². The van der Waals surface area contributed by atoms with Gasteiger partial charge in [0.2, 0.25) is 0 Å². The molecule has 0 N–H and O–H groups in total. The first-order valence-corrected chi connectivity index (χ1v) is 11.4. The molecule has 0 bridgehead atoms. The number of rotatable bonds is 3. The average molecular weight is 411 g/mol. The molecule has 5 heterocycles. The van der Waals surface area contributed by atoms with E-state index in [0.717, 1.165) is 61.6 Å². The second kappa shape index (κ2) is 7.40. The van der Waals surface area contributed by atoms with Crippen molar-refractivity contribution in [3.63, 3.8) is 0 Å². The standard InChI is InChI=1S/C21H26N6OS/c1-14-6-8-25(10-14)20-15(2)11-27-19(23-20)9-16(24-27)18-5-3-4-7-26(18)21(28)17-12-29-13-22-17/h9,11-14,18H,3-8,10H2,1-2H3/t14-,18-/m0/s1. The maximum Gasteiger partial charge on any atom is 0.273 e. The topological polar surface area (TPSA) is 66.6 Å². The fourth-order valence-corrected chi connectivity index (χ4v) is 5.10. The number of likely N-dealkylation sites (tertiary alicyclic amines) is 1. The van der Waals surface area contributed by atoms with Gasteiger partial charge in [0.1, 0.15) is 11.5 Å². The van der Waals surface area contributed by atoms with Gasteiger partial charge >= 0.3 is 0 Å². The largest absolute Gasteiger partial charge is 0.356 e. The summed E-state index contributed by atoms with van der Waals surface area (Å²) in [6.45, 7) is 7.26. The lowest BCUT2D eigenvalue weighted by molar-refractivity contribution is 0.0600. The zero-order chi connectivity index (χ0) is 20.0. The Morgan fingerprint density at radius 1 is 1.24 bits per heavy atom. The Bertz CT molecular complexity index is 1030.